The molecule has 1 aromatic carbocycles. The number of piperazine rings is 1. The van der Waals surface area contributed by atoms with Crippen LogP contribution < -0.4 is 5.32 Å². The van der Waals surface area contributed by atoms with Gasteiger partial charge in [-0.25, -0.2) is 8.78 Å². The molecule has 0 radical (unpaired) electrons. The second-order valence-electron chi connectivity index (χ2n) is 7.17. The monoisotopic (exact) mass is 416 g/mol. The van der Waals surface area contributed by atoms with Crippen LogP contribution in [0.3, 0.4) is 0 Å². The smallest absolute Gasteiger partial charge is 0.282 e. The van der Waals surface area contributed by atoms with E-state index in [0.29, 0.717) is 45.3 Å². The van der Waals surface area contributed by atoms with Crippen LogP contribution in [0, 0.1) is 11.6 Å². The predicted octanol–water partition coefficient (Wildman–Crippen LogP) is 1.64. The molecular formula is C18H26F2N4O3S. The number of carbonyl (C=O) groups excluding carboxylic acids is 1. The van der Waals surface area contributed by atoms with Gasteiger partial charge in [-0.1, -0.05) is 12.8 Å². The Morgan fingerprint density at radius 3 is 2.14 bits per heavy atom. The molecule has 2 aliphatic heterocycles. The van der Waals surface area contributed by atoms with Gasteiger partial charge < -0.3 is 5.32 Å². The lowest BCUT2D eigenvalue weighted by molar-refractivity contribution is -0.117. The minimum absolute atomic E-state index is 0.0222. The van der Waals surface area contributed by atoms with Crippen molar-refractivity contribution in [2.45, 2.75) is 25.7 Å². The first-order chi connectivity index (χ1) is 13.4. The molecule has 2 heterocycles. The van der Waals surface area contributed by atoms with Gasteiger partial charge in [-0.15, -0.1) is 0 Å². The maximum Gasteiger partial charge on any atom is 0.282 e. The third-order valence-corrected chi connectivity index (χ3v) is 7.16. The summed E-state index contributed by atoms with van der Waals surface area (Å²) in [6.07, 6.45) is 3.89. The van der Waals surface area contributed by atoms with Crippen LogP contribution in [0.15, 0.2) is 18.2 Å². The average Bonchev–Trinajstić information content (AvgIpc) is 2.94. The van der Waals surface area contributed by atoms with Crippen LogP contribution in [0.5, 0.6) is 0 Å². The molecule has 1 aromatic rings. The van der Waals surface area contributed by atoms with Gasteiger partial charge in [0.2, 0.25) is 5.91 Å². The first-order valence-corrected chi connectivity index (χ1v) is 11.0. The van der Waals surface area contributed by atoms with Crippen molar-refractivity contribution >= 4 is 21.8 Å². The number of nitrogens with zero attached hydrogens (tertiary/aromatic N) is 3. The Bertz CT molecular complexity index is 790. The van der Waals surface area contributed by atoms with Crippen LogP contribution in [-0.4, -0.2) is 73.6 Å². The SMILES string of the molecule is O=C(CN1CCN(S(=O)(=O)N2CCCCCC2)CC1)Nc1ccc(F)cc1F. The molecule has 10 heteroatoms. The van der Waals surface area contributed by atoms with Gasteiger partial charge in [-0.05, 0) is 25.0 Å². The van der Waals surface area contributed by atoms with Crippen LogP contribution in [0.4, 0.5) is 14.5 Å². The summed E-state index contributed by atoms with van der Waals surface area (Å²) in [5.41, 5.74) is -0.0752. The van der Waals surface area contributed by atoms with Crippen LogP contribution >= 0.6 is 0 Å². The van der Waals surface area contributed by atoms with E-state index in [0.717, 1.165) is 31.7 Å². The van der Waals surface area contributed by atoms with E-state index in [9.17, 15) is 22.0 Å². The minimum atomic E-state index is -3.46. The molecule has 7 nitrogen and oxygen atoms in total. The normalized spacial score (nSPS) is 20.6. The molecule has 2 aliphatic rings. The topological polar surface area (TPSA) is 73.0 Å². The maximum absolute atomic E-state index is 13.6. The Hall–Kier alpha value is -1.62. The Morgan fingerprint density at radius 2 is 1.54 bits per heavy atom. The highest BCUT2D eigenvalue weighted by molar-refractivity contribution is 7.86. The van der Waals surface area contributed by atoms with Gasteiger partial charge in [-0.3, -0.25) is 9.69 Å². The Morgan fingerprint density at radius 1 is 0.929 bits per heavy atom. The summed E-state index contributed by atoms with van der Waals surface area (Å²) in [7, 11) is -3.46. The number of nitrogens with one attached hydrogen (secondary N) is 1. The second kappa shape index (κ2) is 9.25. The van der Waals surface area contributed by atoms with Crippen LogP contribution in [0.25, 0.3) is 0 Å². The zero-order chi connectivity index (χ0) is 20.1. The number of amides is 1. The zero-order valence-corrected chi connectivity index (χ0v) is 16.6. The highest BCUT2D eigenvalue weighted by Gasteiger charge is 2.32. The number of halogens is 2. The fourth-order valence-electron chi connectivity index (χ4n) is 3.54. The van der Waals surface area contributed by atoms with Crippen LogP contribution in [0.2, 0.25) is 0 Å². The summed E-state index contributed by atoms with van der Waals surface area (Å²) in [6, 6.07) is 2.96. The molecule has 1 N–H and O–H groups in total. The minimum Gasteiger partial charge on any atom is -0.322 e. The fraction of sp³-hybridized carbons (Fsp3) is 0.611. The number of hydrogen-bond acceptors (Lipinski definition) is 4. The van der Waals surface area contributed by atoms with E-state index >= 15 is 0 Å². The summed E-state index contributed by atoms with van der Waals surface area (Å²) >= 11 is 0. The third kappa shape index (κ3) is 5.25. The molecule has 0 bridgehead atoms. The molecule has 0 saturated carbocycles. The summed E-state index contributed by atoms with van der Waals surface area (Å²) in [4.78, 5) is 14.0. The molecule has 0 unspecified atom stereocenters. The van der Waals surface area contributed by atoms with Gasteiger partial charge in [-0.2, -0.15) is 17.0 Å². The van der Waals surface area contributed by atoms with Crippen molar-refractivity contribution in [3.8, 4) is 0 Å². The molecule has 2 fully saturated rings. The Labute approximate surface area is 164 Å². The predicted molar refractivity (Wildman–Crippen MR) is 102 cm³/mol. The van der Waals surface area contributed by atoms with Crippen molar-refractivity contribution in [3.63, 3.8) is 0 Å². The van der Waals surface area contributed by atoms with E-state index in [1.807, 2.05) is 4.90 Å². The number of rotatable bonds is 5. The standard InChI is InChI=1S/C18H26F2N4O3S/c19-15-5-6-17(16(20)13-15)21-18(25)14-22-9-11-24(12-10-22)28(26,27)23-7-3-1-2-4-8-23/h5-6,13H,1-4,7-12,14H2,(H,21,25). The number of anilines is 1. The molecule has 0 aliphatic carbocycles. The van der Waals surface area contributed by atoms with Crippen molar-refractivity contribution in [3.05, 3.63) is 29.8 Å². The lowest BCUT2D eigenvalue weighted by Crippen LogP contribution is -2.54. The number of hydrogen-bond donors (Lipinski definition) is 1. The average molecular weight is 416 g/mol. The summed E-state index contributed by atoms with van der Waals surface area (Å²) in [5, 5.41) is 2.42. The largest absolute Gasteiger partial charge is 0.322 e. The number of carbonyl (C=O) groups is 1. The van der Waals surface area contributed by atoms with E-state index in [-0.39, 0.29) is 12.2 Å². The van der Waals surface area contributed by atoms with Gasteiger partial charge in [0.15, 0.2) is 0 Å². The van der Waals surface area contributed by atoms with Gasteiger partial charge in [0.05, 0.1) is 12.2 Å². The van der Waals surface area contributed by atoms with E-state index < -0.39 is 27.8 Å². The Kier molecular flexibility index (Phi) is 6.97. The van der Waals surface area contributed by atoms with E-state index in [4.69, 9.17) is 0 Å². The Balaban J connectivity index is 1.50. The molecule has 0 spiro atoms. The first kappa shape index (κ1) is 21.1. The van der Waals surface area contributed by atoms with Gasteiger partial charge >= 0.3 is 0 Å². The number of benzene rings is 1. The summed E-state index contributed by atoms with van der Waals surface area (Å²) in [5.74, 6) is -1.96. The summed E-state index contributed by atoms with van der Waals surface area (Å²) in [6.45, 7) is 2.63. The van der Waals surface area contributed by atoms with E-state index in [1.165, 1.54) is 10.4 Å². The third-order valence-electron chi connectivity index (χ3n) is 5.12. The molecule has 156 valence electrons. The van der Waals surface area contributed by atoms with Crippen molar-refractivity contribution < 1.29 is 22.0 Å². The van der Waals surface area contributed by atoms with Gasteiger partial charge in [0, 0.05) is 45.3 Å². The summed E-state index contributed by atoms with van der Waals surface area (Å²) < 4.78 is 55.2. The lowest BCUT2D eigenvalue weighted by atomic mass is 10.2. The van der Waals surface area contributed by atoms with Gasteiger partial charge in [0.25, 0.3) is 10.2 Å². The van der Waals surface area contributed by atoms with Crippen molar-refractivity contribution in [2.24, 2.45) is 0 Å². The molecular weight excluding hydrogens is 390 g/mol. The van der Waals surface area contributed by atoms with Crippen LogP contribution in [-0.2, 0) is 15.0 Å². The highest BCUT2D eigenvalue weighted by atomic mass is 32.2. The zero-order valence-electron chi connectivity index (χ0n) is 15.7. The van der Waals surface area contributed by atoms with E-state index in [2.05, 4.69) is 5.32 Å². The van der Waals surface area contributed by atoms with Crippen molar-refractivity contribution in [1.82, 2.24) is 13.5 Å². The quantitative estimate of drug-likeness (QED) is 0.792. The molecule has 28 heavy (non-hydrogen) atoms. The maximum atomic E-state index is 13.6. The van der Waals surface area contributed by atoms with Gasteiger partial charge in [0.1, 0.15) is 11.6 Å². The molecule has 0 aromatic heterocycles. The lowest BCUT2D eigenvalue weighted by Gasteiger charge is -2.36. The van der Waals surface area contributed by atoms with Crippen molar-refractivity contribution in [1.29, 1.82) is 0 Å². The second-order valence-corrected chi connectivity index (χ2v) is 9.10. The van der Waals surface area contributed by atoms with Crippen molar-refractivity contribution in [2.75, 3.05) is 51.1 Å². The highest BCUT2D eigenvalue weighted by Crippen LogP contribution is 2.18. The molecule has 1 amide bonds. The fourth-order valence-corrected chi connectivity index (χ4v) is 5.21. The molecule has 2 saturated heterocycles. The van der Waals surface area contributed by atoms with Crippen LogP contribution in [0.1, 0.15) is 25.7 Å². The molecule has 0 atom stereocenters. The first-order valence-electron chi connectivity index (χ1n) is 9.59. The van der Waals surface area contributed by atoms with E-state index in [1.54, 1.807) is 4.31 Å². The molecule has 3 rings (SSSR count).